The summed E-state index contributed by atoms with van der Waals surface area (Å²) < 4.78 is 17.9. The van der Waals surface area contributed by atoms with Crippen molar-refractivity contribution in [3.63, 3.8) is 0 Å². The molecule has 6 nitrogen and oxygen atoms in total. The molecule has 8 heteroatoms. The third kappa shape index (κ3) is 4.42. The lowest BCUT2D eigenvalue weighted by molar-refractivity contribution is -0.139. The molecule has 2 aliphatic heterocycles. The van der Waals surface area contributed by atoms with Gasteiger partial charge in [0.05, 0.1) is 31.0 Å². The molecule has 0 amide bonds. The molecule has 2 aromatic rings. The molecule has 0 N–H and O–H groups in total. The number of hydrogen-bond donors (Lipinski definition) is 0. The van der Waals surface area contributed by atoms with Crippen LogP contribution in [-0.2, 0) is 16.1 Å². The van der Waals surface area contributed by atoms with Gasteiger partial charge >= 0.3 is 5.97 Å². The van der Waals surface area contributed by atoms with E-state index in [1.807, 2.05) is 65.9 Å². The molecule has 0 saturated carbocycles. The summed E-state index contributed by atoms with van der Waals surface area (Å²) in [4.78, 5) is 19.5. The highest BCUT2D eigenvalue weighted by molar-refractivity contribution is 9.10. The second-order valence-corrected chi connectivity index (χ2v) is 8.85. The van der Waals surface area contributed by atoms with Crippen LogP contribution in [0.2, 0.25) is 0 Å². The molecule has 2 heterocycles. The normalized spacial score (nSPS) is 17.2. The fourth-order valence-electron chi connectivity index (χ4n) is 3.64. The number of rotatable bonds is 7. The lowest BCUT2D eigenvalue weighted by atomic mass is 9.94. The van der Waals surface area contributed by atoms with Gasteiger partial charge in [-0.3, -0.25) is 0 Å². The number of methoxy groups -OCH3 is 1. The van der Waals surface area contributed by atoms with E-state index in [2.05, 4.69) is 20.9 Å². The Hall–Kier alpha value is -2.71. The first kappa shape index (κ1) is 22.5. The van der Waals surface area contributed by atoms with Crippen molar-refractivity contribution in [3.05, 3.63) is 80.9 Å². The molecule has 0 spiro atoms. The average molecular weight is 515 g/mol. The minimum Gasteiger partial charge on any atom is -0.493 e. The van der Waals surface area contributed by atoms with Crippen molar-refractivity contribution in [2.24, 2.45) is 4.99 Å². The number of aliphatic imine (C=N–C) groups is 1. The highest BCUT2D eigenvalue weighted by Crippen LogP contribution is 2.46. The van der Waals surface area contributed by atoms with Crippen LogP contribution < -0.4 is 9.47 Å². The van der Waals surface area contributed by atoms with Gasteiger partial charge in [-0.25, -0.2) is 9.79 Å². The van der Waals surface area contributed by atoms with Crippen molar-refractivity contribution in [1.82, 2.24) is 4.90 Å². The molecule has 0 aliphatic carbocycles. The molecule has 0 saturated heterocycles. The number of allylic oxidation sites excluding steroid dienone is 1. The van der Waals surface area contributed by atoms with Crippen molar-refractivity contribution in [2.75, 3.05) is 13.7 Å². The van der Waals surface area contributed by atoms with Gasteiger partial charge in [0.1, 0.15) is 6.61 Å². The molecule has 1 atom stereocenters. The molecule has 0 fully saturated rings. The number of amidine groups is 1. The number of thioether (sulfide) groups is 1. The number of esters is 1. The third-order valence-corrected chi connectivity index (χ3v) is 6.59. The SMILES string of the molecule is CCOC(=O)C1=C(C)N=C2SC=CN2[C@@H]1c1cc(OC)c(OCc2ccccc2)cc1Br. The van der Waals surface area contributed by atoms with E-state index < -0.39 is 6.04 Å². The number of fused-ring (bicyclic) bond motifs is 1. The van der Waals surface area contributed by atoms with Crippen molar-refractivity contribution in [1.29, 1.82) is 0 Å². The van der Waals surface area contributed by atoms with Crippen LogP contribution in [0, 0.1) is 0 Å². The summed E-state index contributed by atoms with van der Waals surface area (Å²) in [5.41, 5.74) is 3.07. The van der Waals surface area contributed by atoms with Crippen LogP contribution in [0.5, 0.6) is 11.5 Å². The van der Waals surface area contributed by atoms with Crippen LogP contribution in [0.3, 0.4) is 0 Å². The van der Waals surface area contributed by atoms with Gasteiger partial charge in [-0.05, 0) is 42.5 Å². The fraction of sp³-hybridized carbons (Fsp3) is 0.250. The minimum absolute atomic E-state index is 0.292. The molecule has 4 rings (SSSR count). The van der Waals surface area contributed by atoms with Crippen LogP contribution in [0.1, 0.15) is 31.0 Å². The van der Waals surface area contributed by atoms with Gasteiger partial charge in [-0.2, -0.15) is 0 Å². The number of halogens is 1. The van der Waals surface area contributed by atoms with E-state index in [9.17, 15) is 4.79 Å². The van der Waals surface area contributed by atoms with E-state index in [1.54, 1.807) is 14.0 Å². The maximum atomic E-state index is 12.9. The molecule has 0 aromatic heterocycles. The summed E-state index contributed by atoms with van der Waals surface area (Å²) in [5.74, 6) is 0.819. The van der Waals surface area contributed by atoms with Crippen LogP contribution in [0.15, 0.2) is 74.8 Å². The number of nitrogens with zero attached hydrogens (tertiary/aromatic N) is 2. The van der Waals surface area contributed by atoms with Crippen molar-refractivity contribution < 1.29 is 19.0 Å². The molecular weight excluding hydrogens is 492 g/mol. The van der Waals surface area contributed by atoms with Crippen molar-refractivity contribution in [3.8, 4) is 11.5 Å². The Bertz CT molecular complexity index is 1110. The van der Waals surface area contributed by atoms with Gasteiger partial charge in [-0.1, -0.05) is 58.0 Å². The van der Waals surface area contributed by atoms with Gasteiger partial charge in [0.25, 0.3) is 0 Å². The predicted octanol–water partition coefficient (Wildman–Crippen LogP) is 5.80. The number of ether oxygens (including phenoxy) is 3. The standard InChI is InChI=1S/C24H23BrN2O4S/c1-4-30-23(28)21-15(2)26-24-27(10-11-32-24)22(21)17-12-19(29-3)20(13-18(17)25)31-14-16-8-6-5-7-9-16/h5-13,22H,4,14H2,1-3H3/t22-/m1/s1. The summed E-state index contributed by atoms with van der Waals surface area (Å²) in [6.07, 6.45) is 1.93. The second-order valence-electron chi connectivity index (χ2n) is 7.13. The average Bonchev–Trinajstić information content (AvgIpc) is 3.26. The number of carbonyl (C=O) groups is 1. The smallest absolute Gasteiger partial charge is 0.338 e. The summed E-state index contributed by atoms with van der Waals surface area (Å²) in [6, 6.07) is 13.3. The minimum atomic E-state index is -0.403. The van der Waals surface area contributed by atoms with Gasteiger partial charge in [0, 0.05) is 10.7 Å². The second kappa shape index (κ2) is 9.83. The molecule has 166 valence electrons. The molecule has 0 radical (unpaired) electrons. The maximum Gasteiger partial charge on any atom is 0.338 e. The van der Waals surface area contributed by atoms with Crippen LogP contribution in [0.4, 0.5) is 0 Å². The zero-order chi connectivity index (χ0) is 22.7. The van der Waals surface area contributed by atoms with Gasteiger partial charge in [0.15, 0.2) is 16.7 Å². The topological polar surface area (TPSA) is 60.4 Å². The van der Waals surface area contributed by atoms with Crippen molar-refractivity contribution >= 4 is 38.8 Å². The number of hydrogen-bond acceptors (Lipinski definition) is 7. The Kier molecular flexibility index (Phi) is 6.91. The number of benzene rings is 2. The van der Waals surface area contributed by atoms with E-state index in [0.29, 0.717) is 36.0 Å². The molecule has 32 heavy (non-hydrogen) atoms. The Morgan fingerprint density at radius 3 is 2.72 bits per heavy atom. The number of carbonyl (C=O) groups excluding carboxylic acids is 1. The van der Waals surface area contributed by atoms with Crippen LogP contribution in [0.25, 0.3) is 0 Å². The molecule has 2 aliphatic rings. The largest absolute Gasteiger partial charge is 0.493 e. The Morgan fingerprint density at radius 1 is 1.22 bits per heavy atom. The maximum absolute atomic E-state index is 12.9. The Labute approximate surface area is 200 Å². The van der Waals surface area contributed by atoms with Gasteiger partial charge < -0.3 is 19.1 Å². The first-order valence-corrected chi connectivity index (χ1v) is 11.8. The van der Waals surface area contributed by atoms with E-state index in [-0.39, 0.29) is 5.97 Å². The lowest BCUT2D eigenvalue weighted by Crippen LogP contribution is -2.34. The monoisotopic (exact) mass is 514 g/mol. The first-order valence-electron chi connectivity index (χ1n) is 10.2. The fourth-order valence-corrected chi connectivity index (χ4v) is 4.97. The Balaban J connectivity index is 1.73. The lowest BCUT2D eigenvalue weighted by Gasteiger charge is -2.34. The molecule has 2 aromatic carbocycles. The highest BCUT2D eigenvalue weighted by Gasteiger charge is 2.38. The molecular formula is C24H23BrN2O4S. The van der Waals surface area contributed by atoms with Crippen LogP contribution >= 0.6 is 27.7 Å². The van der Waals surface area contributed by atoms with Gasteiger partial charge in [0.2, 0.25) is 0 Å². The predicted molar refractivity (Wildman–Crippen MR) is 130 cm³/mol. The van der Waals surface area contributed by atoms with E-state index in [0.717, 1.165) is 20.8 Å². The van der Waals surface area contributed by atoms with Crippen LogP contribution in [-0.4, -0.2) is 29.8 Å². The third-order valence-electron chi connectivity index (χ3n) is 5.13. The zero-order valence-electron chi connectivity index (χ0n) is 18.0. The summed E-state index contributed by atoms with van der Waals surface area (Å²) in [7, 11) is 1.61. The summed E-state index contributed by atoms with van der Waals surface area (Å²) in [6.45, 7) is 4.34. The molecule has 0 unspecified atom stereocenters. The highest BCUT2D eigenvalue weighted by atomic mass is 79.9. The summed E-state index contributed by atoms with van der Waals surface area (Å²) in [5, 5.41) is 2.77. The molecule has 0 bridgehead atoms. The van der Waals surface area contributed by atoms with Crippen molar-refractivity contribution in [2.45, 2.75) is 26.5 Å². The van der Waals surface area contributed by atoms with E-state index in [4.69, 9.17) is 14.2 Å². The summed E-state index contributed by atoms with van der Waals surface area (Å²) >= 11 is 5.22. The Morgan fingerprint density at radius 2 is 2.00 bits per heavy atom. The van der Waals surface area contributed by atoms with E-state index >= 15 is 0 Å². The van der Waals surface area contributed by atoms with Gasteiger partial charge in [-0.15, -0.1) is 0 Å². The quantitative estimate of drug-likeness (QED) is 0.434. The first-order chi connectivity index (χ1) is 15.5. The zero-order valence-corrected chi connectivity index (χ0v) is 20.4. The van der Waals surface area contributed by atoms with E-state index in [1.165, 1.54) is 11.8 Å².